The van der Waals surface area contributed by atoms with Gasteiger partial charge in [0.25, 0.3) is 5.69 Å². The number of nitro groups is 1. The molecule has 1 amide bonds. The van der Waals surface area contributed by atoms with E-state index in [2.05, 4.69) is 5.32 Å². The number of nitrogens with zero attached hydrogens (tertiary/aromatic N) is 1. The molecule has 0 radical (unpaired) electrons. The molecule has 0 saturated heterocycles. The Morgan fingerprint density at radius 1 is 1.20 bits per heavy atom. The van der Waals surface area contributed by atoms with Gasteiger partial charge in [0.05, 0.1) is 10.5 Å². The van der Waals surface area contributed by atoms with E-state index in [0.717, 1.165) is 5.56 Å². The molecule has 5 heteroatoms. The zero-order valence-electron chi connectivity index (χ0n) is 11.2. The molecule has 0 unspecified atom stereocenters. The maximum absolute atomic E-state index is 11.1. The number of hydrogen-bond donors (Lipinski definition) is 1. The van der Waals surface area contributed by atoms with Crippen LogP contribution in [0.4, 0.5) is 11.4 Å². The smallest absolute Gasteiger partial charge is 0.277 e. The van der Waals surface area contributed by atoms with E-state index >= 15 is 0 Å². The Hall–Kier alpha value is -2.69. The highest BCUT2D eigenvalue weighted by Gasteiger charge is 2.15. The van der Waals surface area contributed by atoms with Gasteiger partial charge in [-0.05, 0) is 36.2 Å². The molecule has 5 nitrogen and oxygen atoms in total. The quantitative estimate of drug-likeness (QED) is 0.685. The third-order valence-corrected chi connectivity index (χ3v) is 2.84. The van der Waals surface area contributed by atoms with E-state index in [1.807, 2.05) is 13.0 Å². The first-order valence-corrected chi connectivity index (χ1v) is 6.10. The van der Waals surface area contributed by atoms with Crippen LogP contribution in [-0.4, -0.2) is 10.8 Å². The van der Waals surface area contributed by atoms with Crippen molar-refractivity contribution in [2.24, 2.45) is 0 Å². The van der Waals surface area contributed by atoms with E-state index < -0.39 is 4.92 Å². The lowest BCUT2D eigenvalue weighted by Crippen LogP contribution is -2.05. The fourth-order valence-electron chi connectivity index (χ4n) is 2.00. The minimum absolute atomic E-state index is 0.0602. The third-order valence-electron chi connectivity index (χ3n) is 2.84. The van der Waals surface area contributed by atoms with E-state index in [1.165, 1.54) is 6.92 Å². The van der Waals surface area contributed by atoms with Crippen molar-refractivity contribution in [1.29, 1.82) is 0 Å². The number of benzene rings is 2. The fourth-order valence-corrected chi connectivity index (χ4v) is 2.00. The van der Waals surface area contributed by atoms with Crippen molar-refractivity contribution < 1.29 is 9.72 Å². The Kier molecular flexibility index (Phi) is 3.79. The number of aryl methyl sites for hydroxylation is 1. The van der Waals surface area contributed by atoms with Crippen LogP contribution < -0.4 is 5.32 Å². The Balaban J connectivity index is 2.51. The first kappa shape index (κ1) is 13.7. The highest BCUT2D eigenvalue weighted by Crippen LogP contribution is 2.31. The van der Waals surface area contributed by atoms with Crippen molar-refractivity contribution in [3.05, 3.63) is 58.1 Å². The van der Waals surface area contributed by atoms with Crippen molar-refractivity contribution in [1.82, 2.24) is 0 Å². The lowest BCUT2D eigenvalue weighted by atomic mass is 10.0. The van der Waals surface area contributed by atoms with Crippen molar-refractivity contribution >= 4 is 17.3 Å². The molecule has 0 bridgehead atoms. The van der Waals surface area contributed by atoms with Gasteiger partial charge >= 0.3 is 0 Å². The zero-order valence-corrected chi connectivity index (χ0v) is 11.2. The van der Waals surface area contributed by atoms with Crippen LogP contribution in [0.15, 0.2) is 42.5 Å². The van der Waals surface area contributed by atoms with Crippen molar-refractivity contribution in [2.75, 3.05) is 5.32 Å². The summed E-state index contributed by atoms with van der Waals surface area (Å²) in [6.45, 7) is 3.23. The van der Waals surface area contributed by atoms with Crippen LogP contribution in [0.2, 0.25) is 0 Å². The van der Waals surface area contributed by atoms with E-state index in [1.54, 1.807) is 36.4 Å². The highest BCUT2D eigenvalue weighted by molar-refractivity contribution is 5.90. The molecule has 0 aliphatic carbocycles. The van der Waals surface area contributed by atoms with Crippen molar-refractivity contribution in [2.45, 2.75) is 13.8 Å². The number of nitro benzene ring substituents is 1. The molecule has 2 aromatic rings. The molecule has 20 heavy (non-hydrogen) atoms. The molecule has 0 saturated carbocycles. The van der Waals surface area contributed by atoms with Gasteiger partial charge in [0.15, 0.2) is 0 Å². The summed E-state index contributed by atoms with van der Waals surface area (Å²) >= 11 is 0. The van der Waals surface area contributed by atoms with Gasteiger partial charge in [-0.25, -0.2) is 0 Å². The number of amides is 1. The van der Waals surface area contributed by atoms with Crippen LogP contribution in [0.1, 0.15) is 12.5 Å². The SMILES string of the molecule is CC(=O)Nc1cccc(-c2ccc(C)cc2[N+](=O)[O-])c1. The number of carbonyl (C=O) groups is 1. The summed E-state index contributed by atoms with van der Waals surface area (Å²) in [6, 6.07) is 12.1. The molecule has 0 aliphatic heterocycles. The monoisotopic (exact) mass is 270 g/mol. The molecule has 2 rings (SSSR count). The lowest BCUT2D eigenvalue weighted by Gasteiger charge is -2.07. The summed E-state index contributed by atoms with van der Waals surface area (Å²) in [5.74, 6) is -0.180. The topological polar surface area (TPSA) is 72.2 Å². The second-order valence-corrected chi connectivity index (χ2v) is 4.54. The predicted molar refractivity (Wildman–Crippen MR) is 77.6 cm³/mol. The first-order valence-electron chi connectivity index (χ1n) is 6.10. The molecule has 0 aromatic heterocycles. The number of nitrogens with one attached hydrogen (secondary N) is 1. The van der Waals surface area contributed by atoms with Gasteiger partial charge in [0, 0.05) is 18.7 Å². The van der Waals surface area contributed by atoms with Crippen LogP contribution in [0, 0.1) is 17.0 Å². The maximum Gasteiger partial charge on any atom is 0.277 e. The van der Waals surface area contributed by atoms with Gasteiger partial charge in [-0.15, -0.1) is 0 Å². The van der Waals surface area contributed by atoms with Crippen LogP contribution in [0.3, 0.4) is 0 Å². The summed E-state index contributed by atoms with van der Waals surface area (Å²) in [5.41, 5.74) is 2.74. The molecule has 0 spiro atoms. The second kappa shape index (κ2) is 5.52. The Labute approximate surface area is 116 Å². The van der Waals surface area contributed by atoms with Crippen LogP contribution in [0.5, 0.6) is 0 Å². The molecule has 0 fully saturated rings. The van der Waals surface area contributed by atoms with Crippen LogP contribution >= 0.6 is 0 Å². The van der Waals surface area contributed by atoms with Gasteiger partial charge in [0.2, 0.25) is 5.91 Å². The Morgan fingerprint density at radius 2 is 1.95 bits per heavy atom. The first-order chi connectivity index (χ1) is 9.47. The largest absolute Gasteiger partial charge is 0.326 e. The minimum atomic E-state index is -0.395. The summed E-state index contributed by atoms with van der Waals surface area (Å²) in [5, 5.41) is 13.8. The molecule has 0 aliphatic rings. The summed E-state index contributed by atoms with van der Waals surface area (Å²) in [7, 11) is 0. The van der Waals surface area contributed by atoms with Gasteiger partial charge in [-0.1, -0.05) is 18.2 Å². The molecule has 1 N–H and O–H groups in total. The average Bonchev–Trinajstić information content (AvgIpc) is 2.38. The van der Waals surface area contributed by atoms with Crippen molar-refractivity contribution in [3.8, 4) is 11.1 Å². The molecule has 0 heterocycles. The van der Waals surface area contributed by atoms with E-state index in [0.29, 0.717) is 16.8 Å². The second-order valence-electron chi connectivity index (χ2n) is 4.54. The number of carbonyl (C=O) groups excluding carboxylic acids is 1. The molecule has 102 valence electrons. The highest BCUT2D eigenvalue weighted by atomic mass is 16.6. The van der Waals surface area contributed by atoms with Crippen LogP contribution in [0.25, 0.3) is 11.1 Å². The standard InChI is InChI=1S/C15H14N2O3/c1-10-6-7-14(15(8-10)17(19)20)12-4-3-5-13(9-12)16-11(2)18/h3-9H,1-2H3,(H,16,18). The number of hydrogen-bond acceptors (Lipinski definition) is 3. The number of anilines is 1. The van der Waals surface area contributed by atoms with E-state index in [-0.39, 0.29) is 11.6 Å². The molecular weight excluding hydrogens is 256 g/mol. The predicted octanol–water partition coefficient (Wildman–Crippen LogP) is 3.53. The van der Waals surface area contributed by atoms with Gasteiger partial charge in [0.1, 0.15) is 0 Å². The Bertz CT molecular complexity index is 681. The van der Waals surface area contributed by atoms with Crippen molar-refractivity contribution in [3.63, 3.8) is 0 Å². The Morgan fingerprint density at radius 3 is 2.60 bits per heavy atom. The van der Waals surface area contributed by atoms with E-state index in [9.17, 15) is 14.9 Å². The maximum atomic E-state index is 11.1. The van der Waals surface area contributed by atoms with Gasteiger partial charge in [-0.3, -0.25) is 14.9 Å². The summed E-state index contributed by atoms with van der Waals surface area (Å²) < 4.78 is 0. The lowest BCUT2D eigenvalue weighted by molar-refractivity contribution is -0.384. The fraction of sp³-hybridized carbons (Fsp3) is 0.133. The molecular formula is C15H14N2O3. The normalized spacial score (nSPS) is 10.1. The summed E-state index contributed by atoms with van der Waals surface area (Å²) in [6.07, 6.45) is 0. The van der Waals surface area contributed by atoms with Gasteiger partial charge < -0.3 is 5.32 Å². The van der Waals surface area contributed by atoms with Gasteiger partial charge in [-0.2, -0.15) is 0 Å². The molecule has 2 aromatic carbocycles. The number of rotatable bonds is 3. The molecule has 0 atom stereocenters. The van der Waals surface area contributed by atoms with E-state index in [4.69, 9.17) is 0 Å². The minimum Gasteiger partial charge on any atom is -0.326 e. The van der Waals surface area contributed by atoms with Crippen LogP contribution in [-0.2, 0) is 4.79 Å². The third kappa shape index (κ3) is 3.00. The summed E-state index contributed by atoms with van der Waals surface area (Å²) in [4.78, 5) is 21.8. The average molecular weight is 270 g/mol. The zero-order chi connectivity index (χ0) is 14.7.